The van der Waals surface area contributed by atoms with Crippen LogP contribution in [0.25, 0.3) is 0 Å². The number of hydrogen-bond acceptors (Lipinski definition) is 3. The molecule has 0 spiro atoms. The summed E-state index contributed by atoms with van der Waals surface area (Å²) in [5.41, 5.74) is 4.51. The number of ether oxygens (including phenoxy) is 1. The van der Waals surface area contributed by atoms with Gasteiger partial charge in [-0.2, -0.15) is 0 Å². The van der Waals surface area contributed by atoms with Crippen molar-refractivity contribution in [2.75, 3.05) is 20.1 Å². The maximum atomic E-state index is 11.1. The van der Waals surface area contributed by atoms with Gasteiger partial charge in [0.1, 0.15) is 12.4 Å². The van der Waals surface area contributed by atoms with Gasteiger partial charge in [-0.3, -0.25) is 0 Å². The molecular weight excluding hydrogens is 406 g/mol. The van der Waals surface area contributed by atoms with Crippen LogP contribution in [-0.2, 0) is 25.9 Å². The maximum absolute atomic E-state index is 11.1. The lowest BCUT2D eigenvalue weighted by molar-refractivity contribution is 0.0751. The Hall–Kier alpha value is -2.88. The molecule has 1 aliphatic carbocycles. The van der Waals surface area contributed by atoms with E-state index in [9.17, 15) is 5.11 Å². The first kappa shape index (κ1) is 23.3. The summed E-state index contributed by atoms with van der Waals surface area (Å²) < 4.78 is 5.96. The van der Waals surface area contributed by atoms with Crippen LogP contribution in [-0.4, -0.2) is 35.7 Å². The molecule has 4 rings (SSSR count). The van der Waals surface area contributed by atoms with Crippen LogP contribution < -0.4 is 4.74 Å². The summed E-state index contributed by atoms with van der Waals surface area (Å²) in [5.74, 6) is 0.912. The van der Waals surface area contributed by atoms with Crippen LogP contribution in [0.2, 0.25) is 0 Å². The number of nitrogens with zero attached hydrogens (tertiary/aromatic N) is 1. The number of benzene rings is 3. The number of likely N-dealkylation sites (N-methyl/N-ethyl adjacent to an activating group) is 1. The highest BCUT2D eigenvalue weighted by Crippen LogP contribution is 2.28. The van der Waals surface area contributed by atoms with E-state index in [0.717, 1.165) is 50.9 Å². The second-order valence-corrected chi connectivity index (χ2v) is 9.21. The summed E-state index contributed by atoms with van der Waals surface area (Å²) >= 11 is 0. The van der Waals surface area contributed by atoms with Gasteiger partial charge in [0.25, 0.3) is 0 Å². The molecule has 0 saturated carbocycles. The number of fused-ring (bicyclic) bond motifs is 1. The molecule has 0 aliphatic heterocycles. The van der Waals surface area contributed by atoms with Crippen molar-refractivity contribution in [3.63, 3.8) is 0 Å². The Morgan fingerprint density at radius 1 is 0.879 bits per heavy atom. The van der Waals surface area contributed by atoms with Crippen LogP contribution in [0.15, 0.2) is 91.0 Å². The minimum atomic E-state index is -0.704. The van der Waals surface area contributed by atoms with Crippen molar-refractivity contribution >= 4 is 0 Å². The molecule has 0 amide bonds. The van der Waals surface area contributed by atoms with Crippen molar-refractivity contribution in [2.45, 2.75) is 44.3 Å². The van der Waals surface area contributed by atoms with Crippen LogP contribution in [0.4, 0.5) is 0 Å². The number of rotatable bonds is 9. The third-order valence-corrected chi connectivity index (χ3v) is 6.55. The van der Waals surface area contributed by atoms with E-state index >= 15 is 0 Å². The Morgan fingerprint density at radius 2 is 1.55 bits per heavy atom. The van der Waals surface area contributed by atoms with Crippen molar-refractivity contribution < 1.29 is 9.84 Å². The van der Waals surface area contributed by atoms with Crippen molar-refractivity contribution in [3.8, 4) is 5.75 Å². The van der Waals surface area contributed by atoms with E-state index in [2.05, 4.69) is 72.6 Å². The molecule has 0 atom stereocenters. The molecule has 0 saturated heterocycles. The van der Waals surface area contributed by atoms with Gasteiger partial charge < -0.3 is 14.7 Å². The summed E-state index contributed by atoms with van der Waals surface area (Å²) in [6, 6.07) is 27.2. The predicted octanol–water partition coefficient (Wildman–Crippen LogP) is 5.61. The minimum absolute atomic E-state index is 0.586. The number of hydrogen-bond donors (Lipinski definition) is 1. The zero-order chi connectivity index (χ0) is 22.9. The third kappa shape index (κ3) is 7.05. The fourth-order valence-electron chi connectivity index (χ4n) is 4.43. The number of aryl methyl sites for hydroxylation is 2. The summed E-state index contributed by atoms with van der Waals surface area (Å²) in [6.45, 7) is 2.37. The molecule has 3 aromatic rings. The molecule has 3 heteroatoms. The molecule has 172 valence electrons. The molecule has 0 aromatic heterocycles. The Kier molecular flexibility index (Phi) is 7.98. The molecule has 0 unspecified atom stereocenters. The summed E-state index contributed by atoms with van der Waals surface area (Å²) in [5, 5.41) is 11.1. The lowest BCUT2D eigenvalue weighted by Gasteiger charge is -2.23. The molecule has 3 nitrogen and oxygen atoms in total. The van der Waals surface area contributed by atoms with Crippen molar-refractivity contribution in [1.29, 1.82) is 0 Å². The molecule has 3 aromatic carbocycles. The zero-order valence-corrected chi connectivity index (χ0v) is 19.6. The summed E-state index contributed by atoms with van der Waals surface area (Å²) in [6.07, 6.45) is 8.60. The minimum Gasteiger partial charge on any atom is -0.489 e. The monoisotopic (exact) mass is 441 g/mol. The van der Waals surface area contributed by atoms with Gasteiger partial charge in [0.05, 0.1) is 5.60 Å². The quantitative estimate of drug-likeness (QED) is 0.346. The van der Waals surface area contributed by atoms with Crippen LogP contribution in [0, 0.1) is 0 Å². The van der Waals surface area contributed by atoms with Crippen LogP contribution in [0.5, 0.6) is 5.75 Å². The zero-order valence-electron chi connectivity index (χ0n) is 19.6. The van der Waals surface area contributed by atoms with Gasteiger partial charge in [-0.15, -0.1) is 0 Å². The van der Waals surface area contributed by atoms with Crippen molar-refractivity contribution in [3.05, 3.63) is 113 Å². The Morgan fingerprint density at radius 3 is 2.27 bits per heavy atom. The molecule has 0 heterocycles. The van der Waals surface area contributed by atoms with E-state index in [-0.39, 0.29) is 0 Å². The molecule has 33 heavy (non-hydrogen) atoms. The van der Waals surface area contributed by atoms with Gasteiger partial charge >= 0.3 is 0 Å². The van der Waals surface area contributed by atoms with E-state index in [1.165, 1.54) is 22.3 Å². The lowest BCUT2D eigenvalue weighted by atomic mass is 9.93. The predicted molar refractivity (Wildman–Crippen MR) is 136 cm³/mol. The highest BCUT2D eigenvalue weighted by molar-refractivity contribution is 5.30. The van der Waals surface area contributed by atoms with Crippen molar-refractivity contribution in [1.82, 2.24) is 4.90 Å². The van der Waals surface area contributed by atoms with Crippen LogP contribution in [0.1, 0.15) is 35.1 Å². The van der Waals surface area contributed by atoms with E-state index in [0.29, 0.717) is 6.61 Å². The van der Waals surface area contributed by atoms with Gasteiger partial charge in [-0.1, -0.05) is 78.9 Å². The fraction of sp³-hybridized carbons (Fsp3) is 0.333. The molecule has 1 N–H and O–H groups in total. The summed E-state index contributed by atoms with van der Waals surface area (Å²) in [7, 11) is 2.13. The highest BCUT2D eigenvalue weighted by Gasteiger charge is 2.26. The second-order valence-electron chi connectivity index (χ2n) is 9.21. The van der Waals surface area contributed by atoms with Gasteiger partial charge in [-0.25, -0.2) is 0 Å². The third-order valence-electron chi connectivity index (χ3n) is 6.55. The van der Waals surface area contributed by atoms with Crippen LogP contribution in [0.3, 0.4) is 0 Å². The maximum Gasteiger partial charge on any atom is 0.120 e. The van der Waals surface area contributed by atoms with E-state index in [1.54, 1.807) is 0 Å². The largest absolute Gasteiger partial charge is 0.489 e. The molecule has 0 fully saturated rings. The first-order chi connectivity index (χ1) is 16.1. The molecule has 1 aliphatic rings. The van der Waals surface area contributed by atoms with E-state index in [4.69, 9.17) is 4.74 Å². The van der Waals surface area contributed by atoms with Crippen LogP contribution >= 0.6 is 0 Å². The Bertz CT molecular complexity index is 1020. The first-order valence-electron chi connectivity index (χ1n) is 12.0. The summed E-state index contributed by atoms with van der Waals surface area (Å²) in [4.78, 5) is 2.29. The second kappa shape index (κ2) is 11.3. The van der Waals surface area contributed by atoms with Gasteiger partial charge in [0, 0.05) is 13.1 Å². The van der Waals surface area contributed by atoms with E-state index < -0.39 is 5.60 Å². The molecular formula is C30H35NO2. The molecule has 0 bridgehead atoms. The lowest BCUT2D eigenvalue weighted by Crippen LogP contribution is -2.27. The topological polar surface area (TPSA) is 32.7 Å². The van der Waals surface area contributed by atoms with Gasteiger partial charge in [-0.05, 0) is 73.5 Å². The average molecular weight is 442 g/mol. The SMILES string of the molecule is CN(CC=CC1(O)CCc2ccccc2CC1)CCc1cccc(OCc2ccccc2)c1. The van der Waals surface area contributed by atoms with Gasteiger partial charge in [0.15, 0.2) is 0 Å². The fourth-order valence-corrected chi connectivity index (χ4v) is 4.43. The standard InChI is InChI=1S/C30H35NO2/c1-31(21-8-18-30(32)19-15-27-12-5-6-13-28(27)16-20-30)22-17-25-11-7-14-29(23-25)33-24-26-9-3-2-4-10-26/h2-14,18,23,32H,15-17,19-22,24H2,1H3. The highest BCUT2D eigenvalue weighted by atomic mass is 16.5. The average Bonchev–Trinajstić information content (AvgIpc) is 3.02. The Labute approximate surface area is 198 Å². The normalized spacial score (nSPS) is 15.4. The smallest absolute Gasteiger partial charge is 0.120 e. The first-order valence-corrected chi connectivity index (χ1v) is 12.0. The van der Waals surface area contributed by atoms with Crippen molar-refractivity contribution in [2.24, 2.45) is 0 Å². The van der Waals surface area contributed by atoms with E-state index in [1.807, 2.05) is 30.3 Å². The molecule has 0 radical (unpaired) electrons. The van der Waals surface area contributed by atoms with Gasteiger partial charge in [0.2, 0.25) is 0 Å². The number of aliphatic hydroxyl groups is 1. The Balaban J connectivity index is 1.22.